The highest BCUT2D eigenvalue weighted by Gasteiger charge is 2.40. The normalized spacial score (nSPS) is 18.1. The van der Waals surface area contributed by atoms with Crippen molar-refractivity contribution in [2.75, 3.05) is 38.1 Å². The van der Waals surface area contributed by atoms with E-state index in [0.717, 1.165) is 18.7 Å². The number of benzene rings is 2. The van der Waals surface area contributed by atoms with Crippen LogP contribution in [0, 0.1) is 0 Å². The van der Waals surface area contributed by atoms with Gasteiger partial charge in [-0.05, 0) is 17.7 Å². The first kappa shape index (κ1) is 16.4. The van der Waals surface area contributed by atoms with E-state index in [-0.39, 0.29) is 11.8 Å². The molecule has 2 amide bonds. The molecule has 1 saturated heterocycles. The first-order chi connectivity index (χ1) is 12.7. The predicted molar refractivity (Wildman–Crippen MR) is 101 cm³/mol. The van der Waals surface area contributed by atoms with Gasteiger partial charge in [0.05, 0.1) is 5.57 Å². The number of carbonyl (C=O) groups is 2. The average Bonchev–Trinajstić information content (AvgIpc) is 2.93. The number of rotatable bonds is 3. The Morgan fingerprint density at radius 2 is 1.23 bits per heavy atom. The highest BCUT2D eigenvalue weighted by molar-refractivity contribution is 6.35. The summed E-state index contributed by atoms with van der Waals surface area (Å²) in [6.45, 7) is 3.07. The molecule has 2 aromatic carbocycles. The first-order valence-corrected chi connectivity index (χ1v) is 8.84. The molecule has 132 valence electrons. The van der Waals surface area contributed by atoms with Crippen LogP contribution in [0.15, 0.2) is 66.4 Å². The summed E-state index contributed by atoms with van der Waals surface area (Å²) in [5, 5.41) is 0. The largest absolute Gasteiger partial charge is 0.368 e. The molecule has 0 aliphatic carbocycles. The third kappa shape index (κ3) is 2.75. The molecule has 0 bridgehead atoms. The van der Waals surface area contributed by atoms with Gasteiger partial charge in [-0.1, -0.05) is 48.5 Å². The van der Waals surface area contributed by atoms with Crippen LogP contribution in [-0.4, -0.2) is 54.8 Å². The topological polar surface area (TPSA) is 43.9 Å². The van der Waals surface area contributed by atoms with Gasteiger partial charge >= 0.3 is 0 Å². The second-order valence-corrected chi connectivity index (χ2v) is 6.57. The number of piperazine rings is 1. The molecule has 0 aromatic heterocycles. The molecule has 5 heteroatoms. The second kappa shape index (κ2) is 6.67. The van der Waals surface area contributed by atoms with Gasteiger partial charge in [-0.25, -0.2) is 0 Å². The summed E-state index contributed by atoms with van der Waals surface area (Å²) in [7, 11) is 1.56. The lowest BCUT2D eigenvalue weighted by atomic mass is 10.0. The fourth-order valence-electron chi connectivity index (χ4n) is 3.61. The zero-order valence-electron chi connectivity index (χ0n) is 14.8. The Labute approximate surface area is 153 Å². The number of imide groups is 1. The van der Waals surface area contributed by atoms with Crippen LogP contribution in [-0.2, 0) is 9.59 Å². The van der Waals surface area contributed by atoms with Gasteiger partial charge in [0.25, 0.3) is 11.8 Å². The molecule has 5 nitrogen and oxygen atoms in total. The molecule has 0 radical (unpaired) electrons. The molecule has 1 fully saturated rings. The van der Waals surface area contributed by atoms with E-state index in [1.807, 2.05) is 48.5 Å². The Kier molecular flexibility index (Phi) is 4.21. The molecular formula is C21H21N3O2. The second-order valence-electron chi connectivity index (χ2n) is 6.57. The number of hydrogen-bond acceptors (Lipinski definition) is 4. The number of carbonyl (C=O) groups excluding carboxylic acids is 2. The lowest BCUT2D eigenvalue weighted by Crippen LogP contribution is -2.47. The van der Waals surface area contributed by atoms with Gasteiger partial charge in [-0.2, -0.15) is 0 Å². The van der Waals surface area contributed by atoms with Crippen molar-refractivity contribution in [1.82, 2.24) is 9.80 Å². The van der Waals surface area contributed by atoms with Gasteiger partial charge in [-0.3, -0.25) is 14.5 Å². The molecule has 0 spiro atoms. The Morgan fingerprint density at radius 1 is 0.692 bits per heavy atom. The first-order valence-electron chi connectivity index (χ1n) is 8.84. The van der Waals surface area contributed by atoms with Crippen LogP contribution in [0.25, 0.3) is 5.57 Å². The summed E-state index contributed by atoms with van der Waals surface area (Å²) in [5.74, 6) is -0.427. The van der Waals surface area contributed by atoms with Crippen molar-refractivity contribution >= 4 is 23.1 Å². The number of likely N-dealkylation sites (N-methyl/N-ethyl adjacent to an activating group) is 1. The third-order valence-corrected chi connectivity index (χ3v) is 5.04. The van der Waals surface area contributed by atoms with E-state index in [1.165, 1.54) is 10.6 Å². The predicted octanol–water partition coefficient (Wildman–Crippen LogP) is 2.22. The van der Waals surface area contributed by atoms with Crippen LogP contribution in [0.4, 0.5) is 5.69 Å². The van der Waals surface area contributed by atoms with Gasteiger partial charge in [0.15, 0.2) is 0 Å². The Morgan fingerprint density at radius 3 is 1.85 bits per heavy atom. The number of para-hydroxylation sites is 1. The van der Waals surface area contributed by atoms with E-state index < -0.39 is 0 Å². The maximum atomic E-state index is 12.7. The molecule has 0 saturated carbocycles. The number of hydrogen-bond donors (Lipinski definition) is 0. The minimum atomic E-state index is -0.221. The zero-order valence-corrected chi connectivity index (χ0v) is 14.8. The molecule has 2 heterocycles. The SMILES string of the molecule is CN1C(=O)C(c2ccccc2)=C(N2CCN(c3ccccc3)CC2)C1=O. The lowest BCUT2D eigenvalue weighted by molar-refractivity contribution is -0.135. The van der Waals surface area contributed by atoms with Gasteiger partial charge < -0.3 is 9.80 Å². The number of anilines is 1. The van der Waals surface area contributed by atoms with Crippen LogP contribution in [0.3, 0.4) is 0 Å². The maximum Gasteiger partial charge on any atom is 0.277 e. The molecule has 2 aliphatic heterocycles. The summed E-state index contributed by atoms with van der Waals surface area (Å²) >= 11 is 0. The van der Waals surface area contributed by atoms with Crippen LogP contribution in [0.2, 0.25) is 0 Å². The van der Waals surface area contributed by atoms with Crippen molar-refractivity contribution in [2.24, 2.45) is 0 Å². The van der Waals surface area contributed by atoms with Crippen molar-refractivity contribution in [3.05, 3.63) is 71.9 Å². The molecule has 0 N–H and O–H groups in total. The third-order valence-electron chi connectivity index (χ3n) is 5.04. The fourth-order valence-corrected chi connectivity index (χ4v) is 3.61. The van der Waals surface area contributed by atoms with Gasteiger partial charge in [0.1, 0.15) is 5.70 Å². The van der Waals surface area contributed by atoms with E-state index in [1.54, 1.807) is 7.05 Å². The monoisotopic (exact) mass is 347 g/mol. The molecule has 26 heavy (non-hydrogen) atoms. The van der Waals surface area contributed by atoms with Crippen LogP contribution in [0.5, 0.6) is 0 Å². The van der Waals surface area contributed by atoms with E-state index in [4.69, 9.17) is 0 Å². The fraction of sp³-hybridized carbons (Fsp3) is 0.238. The Hall–Kier alpha value is -3.08. The highest BCUT2D eigenvalue weighted by Crippen LogP contribution is 2.31. The van der Waals surface area contributed by atoms with Gasteiger partial charge in [-0.15, -0.1) is 0 Å². The van der Waals surface area contributed by atoms with Crippen LogP contribution in [0.1, 0.15) is 5.56 Å². The number of amides is 2. The number of nitrogens with zero attached hydrogens (tertiary/aromatic N) is 3. The van der Waals surface area contributed by atoms with Crippen molar-refractivity contribution in [3.8, 4) is 0 Å². The molecule has 0 unspecified atom stereocenters. The summed E-state index contributed by atoms with van der Waals surface area (Å²) in [5.41, 5.74) is 3.05. The van der Waals surface area contributed by atoms with Crippen molar-refractivity contribution in [1.29, 1.82) is 0 Å². The molecule has 2 aromatic rings. The van der Waals surface area contributed by atoms with Crippen molar-refractivity contribution < 1.29 is 9.59 Å². The van der Waals surface area contributed by atoms with Gasteiger partial charge in [0.2, 0.25) is 0 Å². The quantitative estimate of drug-likeness (QED) is 0.799. The van der Waals surface area contributed by atoms with Gasteiger partial charge in [0, 0.05) is 38.9 Å². The maximum absolute atomic E-state index is 12.7. The Bertz CT molecular complexity index is 853. The van der Waals surface area contributed by atoms with Crippen LogP contribution >= 0.6 is 0 Å². The molecule has 2 aliphatic rings. The van der Waals surface area contributed by atoms with Crippen LogP contribution < -0.4 is 4.90 Å². The van der Waals surface area contributed by atoms with E-state index in [2.05, 4.69) is 21.9 Å². The highest BCUT2D eigenvalue weighted by atomic mass is 16.2. The van der Waals surface area contributed by atoms with E-state index >= 15 is 0 Å². The summed E-state index contributed by atoms with van der Waals surface area (Å²) < 4.78 is 0. The van der Waals surface area contributed by atoms with Crippen molar-refractivity contribution in [2.45, 2.75) is 0 Å². The van der Waals surface area contributed by atoms with E-state index in [0.29, 0.717) is 24.4 Å². The van der Waals surface area contributed by atoms with E-state index in [9.17, 15) is 9.59 Å². The minimum Gasteiger partial charge on any atom is -0.368 e. The summed E-state index contributed by atoms with van der Waals surface area (Å²) in [4.78, 5) is 31.0. The molecule has 0 atom stereocenters. The average molecular weight is 347 g/mol. The minimum absolute atomic E-state index is 0.206. The summed E-state index contributed by atoms with van der Waals surface area (Å²) in [6.07, 6.45) is 0. The van der Waals surface area contributed by atoms with Crippen molar-refractivity contribution in [3.63, 3.8) is 0 Å². The molecular weight excluding hydrogens is 326 g/mol. The summed E-state index contributed by atoms with van der Waals surface area (Å²) in [6, 6.07) is 19.7. The zero-order chi connectivity index (χ0) is 18.1. The Balaban J connectivity index is 1.62. The standard InChI is InChI=1S/C21H21N3O2/c1-22-20(25)18(16-8-4-2-5-9-16)19(21(22)26)24-14-12-23(13-15-24)17-10-6-3-7-11-17/h2-11H,12-15H2,1H3. The smallest absolute Gasteiger partial charge is 0.277 e. The molecule has 4 rings (SSSR count). The lowest BCUT2D eigenvalue weighted by Gasteiger charge is -2.37.